The molecule has 0 unspecified atom stereocenters. The van der Waals surface area contributed by atoms with Crippen LogP contribution in [0.4, 0.5) is 11.4 Å². The van der Waals surface area contributed by atoms with Crippen LogP contribution in [0.2, 0.25) is 0 Å². The molecule has 2 rings (SSSR count). The first-order valence-corrected chi connectivity index (χ1v) is 7.07. The first kappa shape index (κ1) is 15.5. The predicted molar refractivity (Wildman–Crippen MR) is 82.1 cm³/mol. The van der Waals surface area contributed by atoms with E-state index in [1.54, 1.807) is 19.2 Å². The smallest absolute Gasteiger partial charge is 0.292 e. The van der Waals surface area contributed by atoms with Crippen molar-refractivity contribution in [2.24, 2.45) is 0 Å². The third-order valence-electron chi connectivity index (χ3n) is 3.74. The van der Waals surface area contributed by atoms with Crippen LogP contribution in [0.1, 0.15) is 0 Å². The molecule has 0 atom stereocenters. The van der Waals surface area contributed by atoms with Gasteiger partial charge in [-0.1, -0.05) is 0 Å². The Kier molecular flexibility index (Phi) is 5.35. The molecule has 0 saturated carbocycles. The van der Waals surface area contributed by atoms with Gasteiger partial charge in [0.1, 0.15) is 11.4 Å². The lowest BCUT2D eigenvalue weighted by Crippen LogP contribution is -2.45. The predicted octanol–water partition coefficient (Wildman–Crippen LogP) is 1.26. The van der Waals surface area contributed by atoms with Crippen molar-refractivity contribution in [1.82, 2.24) is 9.80 Å². The molecule has 1 N–H and O–H groups in total. The highest BCUT2D eigenvalue weighted by molar-refractivity contribution is 5.64. The maximum Gasteiger partial charge on any atom is 0.292 e. The molecule has 1 saturated heterocycles. The summed E-state index contributed by atoms with van der Waals surface area (Å²) in [5, 5.41) is 14.2. The Bertz CT molecular complexity index is 487. The van der Waals surface area contributed by atoms with Crippen molar-refractivity contribution in [3.05, 3.63) is 28.3 Å². The van der Waals surface area contributed by atoms with Gasteiger partial charge in [-0.3, -0.25) is 15.0 Å². The largest absolute Gasteiger partial charge is 0.497 e. The van der Waals surface area contributed by atoms with Gasteiger partial charge in [0.25, 0.3) is 5.69 Å². The minimum absolute atomic E-state index is 0.0779. The van der Waals surface area contributed by atoms with Crippen LogP contribution >= 0.6 is 0 Å². The van der Waals surface area contributed by atoms with Gasteiger partial charge in [-0.05, 0) is 13.1 Å². The summed E-state index contributed by atoms with van der Waals surface area (Å²) in [5.74, 6) is 0.614. The summed E-state index contributed by atoms with van der Waals surface area (Å²) in [6.07, 6.45) is 0. The van der Waals surface area contributed by atoms with Gasteiger partial charge in [0.2, 0.25) is 0 Å². The number of piperazine rings is 1. The fourth-order valence-corrected chi connectivity index (χ4v) is 2.36. The Morgan fingerprint density at radius 1 is 1.33 bits per heavy atom. The number of ether oxygens (including phenoxy) is 1. The van der Waals surface area contributed by atoms with Crippen LogP contribution in [0, 0.1) is 10.1 Å². The third kappa shape index (κ3) is 4.30. The van der Waals surface area contributed by atoms with Crippen LogP contribution in [0.25, 0.3) is 0 Å². The van der Waals surface area contributed by atoms with Gasteiger partial charge in [0.05, 0.1) is 12.0 Å². The van der Waals surface area contributed by atoms with E-state index in [4.69, 9.17) is 4.74 Å². The first-order valence-electron chi connectivity index (χ1n) is 7.07. The number of nitro groups is 1. The molecule has 7 heteroatoms. The van der Waals surface area contributed by atoms with E-state index in [1.807, 2.05) is 0 Å². The molecule has 1 aliphatic rings. The van der Waals surface area contributed by atoms with E-state index in [0.717, 1.165) is 32.7 Å². The zero-order chi connectivity index (χ0) is 15.2. The molecular weight excluding hydrogens is 272 g/mol. The van der Waals surface area contributed by atoms with Crippen LogP contribution in [0.15, 0.2) is 18.2 Å². The topological polar surface area (TPSA) is 70.9 Å². The van der Waals surface area contributed by atoms with Crippen molar-refractivity contribution in [2.75, 3.05) is 58.7 Å². The van der Waals surface area contributed by atoms with E-state index in [2.05, 4.69) is 22.2 Å². The molecule has 0 amide bonds. The average Bonchev–Trinajstić information content (AvgIpc) is 2.49. The Morgan fingerprint density at radius 2 is 2.05 bits per heavy atom. The molecule has 1 fully saturated rings. The molecule has 0 radical (unpaired) electrons. The van der Waals surface area contributed by atoms with Crippen LogP contribution < -0.4 is 10.1 Å². The molecule has 21 heavy (non-hydrogen) atoms. The van der Waals surface area contributed by atoms with Crippen LogP contribution in [-0.2, 0) is 0 Å². The van der Waals surface area contributed by atoms with Crippen molar-refractivity contribution in [3.8, 4) is 5.75 Å². The van der Waals surface area contributed by atoms with Gasteiger partial charge in [-0.2, -0.15) is 0 Å². The van der Waals surface area contributed by atoms with E-state index in [9.17, 15) is 10.1 Å². The molecule has 116 valence electrons. The Balaban J connectivity index is 1.91. The highest BCUT2D eigenvalue weighted by atomic mass is 16.6. The summed E-state index contributed by atoms with van der Waals surface area (Å²) in [4.78, 5) is 15.3. The number of nitro benzene ring substituents is 1. The first-order chi connectivity index (χ1) is 10.1. The maximum atomic E-state index is 11.0. The third-order valence-corrected chi connectivity index (χ3v) is 3.74. The van der Waals surface area contributed by atoms with Crippen molar-refractivity contribution >= 4 is 11.4 Å². The average molecular weight is 294 g/mol. The molecule has 0 spiro atoms. The number of nitrogens with one attached hydrogen (secondary N) is 1. The van der Waals surface area contributed by atoms with E-state index in [0.29, 0.717) is 18.0 Å². The van der Waals surface area contributed by atoms with Crippen LogP contribution in [-0.4, -0.2) is 68.1 Å². The van der Waals surface area contributed by atoms with Crippen molar-refractivity contribution in [1.29, 1.82) is 0 Å². The lowest BCUT2D eigenvalue weighted by molar-refractivity contribution is -0.384. The summed E-state index contributed by atoms with van der Waals surface area (Å²) in [7, 11) is 3.67. The summed E-state index contributed by atoms with van der Waals surface area (Å²) in [5.41, 5.74) is 0.586. The van der Waals surface area contributed by atoms with Gasteiger partial charge < -0.3 is 15.0 Å². The Morgan fingerprint density at radius 3 is 2.67 bits per heavy atom. The summed E-state index contributed by atoms with van der Waals surface area (Å²) in [6.45, 7) is 5.77. The van der Waals surface area contributed by atoms with E-state index < -0.39 is 0 Å². The Hall–Kier alpha value is -1.86. The highest BCUT2D eigenvalue weighted by Crippen LogP contribution is 2.28. The molecule has 1 aromatic rings. The van der Waals surface area contributed by atoms with Gasteiger partial charge >= 0.3 is 0 Å². The fourth-order valence-electron chi connectivity index (χ4n) is 2.36. The van der Waals surface area contributed by atoms with Gasteiger partial charge in [-0.15, -0.1) is 0 Å². The second-order valence-corrected chi connectivity index (χ2v) is 5.21. The van der Waals surface area contributed by atoms with Gasteiger partial charge in [0.15, 0.2) is 0 Å². The highest BCUT2D eigenvalue weighted by Gasteiger charge is 2.16. The number of benzene rings is 1. The summed E-state index contributed by atoms with van der Waals surface area (Å²) >= 11 is 0. The molecule has 1 aliphatic heterocycles. The quantitative estimate of drug-likeness (QED) is 0.629. The molecule has 0 bridgehead atoms. The second-order valence-electron chi connectivity index (χ2n) is 5.21. The normalized spacial score (nSPS) is 16.7. The number of nitrogens with zero attached hydrogens (tertiary/aromatic N) is 3. The minimum atomic E-state index is -0.377. The molecule has 0 aromatic heterocycles. The number of methoxy groups -OCH3 is 1. The van der Waals surface area contributed by atoms with Crippen molar-refractivity contribution < 1.29 is 9.66 Å². The zero-order valence-corrected chi connectivity index (χ0v) is 12.5. The number of rotatable bonds is 6. The monoisotopic (exact) mass is 294 g/mol. The van der Waals surface area contributed by atoms with E-state index >= 15 is 0 Å². The van der Waals surface area contributed by atoms with E-state index in [1.165, 1.54) is 6.07 Å². The number of likely N-dealkylation sites (N-methyl/N-ethyl adjacent to an activating group) is 1. The van der Waals surface area contributed by atoms with Gasteiger partial charge in [-0.25, -0.2) is 0 Å². The molecule has 1 heterocycles. The zero-order valence-electron chi connectivity index (χ0n) is 12.5. The van der Waals surface area contributed by atoms with Gasteiger partial charge in [0, 0.05) is 51.4 Å². The van der Waals surface area contributed by atoms with Crippen molar-refractivity contribution in [3.63, 3.8) is 0 Å². The molecule has 1 aromatic carbocycles. The molecular formula is C14H22N4O3. The summed E-state index contributed by atoms with van der Waals surface area (Å²) in [6, 6.07) is 4.74. The fraction of sp³-hybridized carbons (Fsp3) is 0.571. The molecule has 7 nitrogen and oxygen atoms in total. The van der Waals surface area contributed by atoms with E-state index in [-0.39, 0.29) is 10.6 Å². The SMILES string of the molecule is COc1ccc([N+](=O)[O-])c(NCCN2CCN(C)CC2)c1. The standard InChI is InChI=1S/C14H22N4O3/c1-16-7-9-17(10-8-16)6-5-15-13-11-12(21-2)3-4-14(13)18(19)20/h3-4,11,15H,5-10H2,1-2H3. The maximum absolute atomic E-state index is 11.0. The lowest BCUT2D eigenvalue weighted by Gasteiger charge is -2.32. The van der Waals surface area contributed by atoms with Crippen molar-refractivity contribution in [2.45, 2.75) is 0 Å². The summed E-state index contributed by atoms with van der Waals surface area (Å²) < 4.78 is 5.12. The Labute approximate surface area is 124 Å². The lowest BCUT2D eigenvalue weighted by atomic mass is 10.2. The molecule has 0 aliphatic carbocycles. The number of hydrogen-bond donors (Lipinski definition) is 1. The number of anilines is 1. The van der Waals surface area contributed by atoms with Crippen LogP contribution in [0.5, 0.6) is 5.75 Å². The number of hydrogen-bond acceptors (Lipinski definition) is 6. The minimum Gasteiger partial charge on any atom is -0.497 e. The van der Waals surface area contributed by atoms with Crippen LogP contribution in [0.3, 0.4) is 0 Å². The second kappa shape index (κ2) is 7.24.